The normalized spacial score (nSPS) is 11.4. The number of phenolic OH excluding ortho intramolecular Hbond substituents is 1. The van der Waals surface area contributed by atoms with Crippen molar-refractivity contribution in [2.24, 2.45) is 0 Å². The van der Waals surface area contributed by atoms with E-state index in [9.17, 15) is 15.0 Å². The summed E-state index contributed by atoms with van der Waals surface area (Å²) in [4.78, 5) is 12.7. The molecule has 0 spiro atoms. The van der Waals surface area contributed by atoms with Gasteiger partial charge in [-0.2, -0.15) is 5.10 Å². The number of imidazole rings is 1. The van der Waals surface area contributed by atoms with E-state index in [1.807, 2.05) is 45.0 Å². The van der Waals surface area contributed by atoms with Gasteiger partial charge in [0.15, 0.2) is 11.5 Å². The topological polar surface area (TPSA) is 94.4 Å². The van der Waals surface area contributed by atoms with Crippen molar-refractivity contribution in [3.63, 3.8) is 0 Å². The molecule has 0 aliphatic heterocycles. The van der Waals surface area contributed by atoms with E-state index in [0.29, 0.717) is 32.0 Å². The summed E-state index contributed by atoms with van der Waals surface area (Å²) >= 11 is 0. The van der Waals surface area contributed by atoms with Crippen LogP contribution in [0, 0.1) is 0 Å². The summed E-state index contributed by atoms with van der Waals surface area (Å²) in [5.41, 5.74) is 5.00. The predicted octanol–water partition coefficient (Wildman–Crippen LogP) is 3.47. The zero-order valence-corrected chi connectivity index (χ0v) is 18.6. The van der Waals surface area contributed by atoms with E-state index in [-0.39, 0.29) is 18.0 Å². The predicted molar refractivity (Wildman–Crippen MR) is 124 cm³/mol. The van der Waals surface area contributed by atoms with Gasteiger partial charge in [-0.15, -0.1) is 0 Å². The summed E-state index contributed by atoms with van der Waals surface area (Å²) in [6.45, 7) is 7.69. The molecule has 2 aromatic heterocycles. The molecule has 0 fully saturated rings. The summed E-state index contributed by atoms with van der Waals surface area (Å²) < 4.78 is 10.8. The van der Waals surface area contributed by atoms with Crippen molar-refractivity contribution in [2.45, 2.75) is 40.4 Å². The molecule has 0 saturated heterocycles. The van der Waals surface area contributed by atoms with Gasteiger partial charge in [-0.1, -0.05) is 6.07 Å². The highest BCUT2D eigenvalue weighted by atomic mass is 16.5. The van der Waals surface area contributed by atoms with Crippen molar-refractivity contribution < 1.29 is 14.9 Å². The Labute approximate surface area is 185 Å². The largest absolute Gasteiger partial charge is 0.504 e. The van der Waals surface area contributed by atoms with Crippen molar-refractivity contribution in [3.05, 3.63) is 52.9 Å². The molecule has 168 valence electrons. The first-order valence-corrected chi connectivity index (χ1v) is 10.9. The van der Waals surface area contributed by atoms with Crippen molar-refractivity contribution in [1.29, 1.82) is 0 Å². The van der Waals surface area contributed by atoms with Crippen LogP contribution in [0.4, 0.5) is 0 Å². The van der Waals surface area contributed by atoms with Crippen LogP contribution < -0.4 is 10.4 Å². The molecule has 2 N–H and O–H groups in total. The molecule has 0 aliphatic rings. The number of aromatic nitrogens is 4. The number of rotatable bonds is 8. The Morgan fingerprint density at radius 1 is 0.938 bits per heavy atom. The Morgan fingerprint density at radius 3 is 2.34 bits per heavy atom. The number of nitrogens with zero attached hydrogens (tertiary/aromatic N) is 4. The standard InChI is InChI=1S/C24H28N4O4/c1-4-26-19-9-7-16(13-21(19)27(5-2)24(26)31)18-15-20(28(25-18)11-12-29)17-8-10-22(30)23(14-17)32-6-3/h7-10,13-15,29-30H,4-6,11-12H2,1-3H3. The van der Waals surface area contributed by atoms with Crippen molar-refractivity contribution in [3.8, 4) is 34.0 Å². The van der Waals surface area contributed by atoms with Crippen LogP contribution in [0.15, 0.2) is 47.3 Å². The molecule has 32 heavy (non-hydrogen) atoms. The number of aromatic hydroxyl groups is 1. The molecule has 0 atom stereocenters. The minimum Gasteiger partial charge on any atom is -0.504 e. The van der Waals surface area contributed by atoms with Crippen LogP contribution >= 0.6 is 0 Å². The first-order valence-electron chi connectivity index (χ1n) is 10.9. The molecule has 0 saturated carbocycles. The Hall–Kier alpha value is -3.52. The SMILES string of the molecule is CCOc1cc(-c2cc(-c3ccc4c(c3)n(CC)c(=O)n4CC)nn2CCO)ccc1O. The van der Waals surface area contributed by atoms with Gasteiger partial charge in [0.1, 0.15) is 0 Å². The van der Waals surface area contributed by atoms with Gasteiger partial charge in [0.2, 0.25) is 0 Å². The smallest absolute Gasteiger partial charge is 0.329 e. The fourth-order valence-corrected chi connectivity index (χ4v) is 4.09. The molecule has 4 rings (SSSR count). The minimum atomic E-state index is -0.0573. The van der Waals surface area contributed by atoms with Crippen LogP contribution in [-0.4, -0.2) is 42.3 Å². The Morgan fingerprint density at radius 2 is 1.66 bits per heavy atom. The molecular formula is C24H28N4O4. The Bertz CT molecular complexity index is 1320. The molecule has 0 aliphatic carbocycles. The Balaban J connectivity index is 1.84. The summed E-state index contributed by atoms with van der Waals surface area (Å²) in [6, 6.07) is 13.0. The van der Waals surface area contributed by atoms with Crippen molar-refractivity contribution in [2.75, 3.05) is 13.2 Å². The molecule has 4 aromatic rings. The third-order valence-electron chi connectivity index (χ3n) is 5.59. The Kier molecular flexibility index (Phi) is 6.05. The van der Waals surface area contributed by atoms with Gasteiger partial charge < -0.3 is 14.9 Å². The number of benzene rings is 2. The second-order valence-corrected chi connectivity index (χ2v) is 7.45. The lowest BCUT2D eigenvalue weighted by Gasteiger charge is -2.09. The molecule has 2 heterocycles. The number of aryl methyl sites for hydroxylation is 2. The first-order chi connectivity index (χ1) is 15.5. The quantitative estimate of drug-likeness (QED) is 0.441. The van der Waals surface area contributed by atoms with E-state index in [1.165, 1.54) is 0 Å². The number of aliphatic hydroxyl groups excluding tert-OH is 1. The average Bonchev–Trinajstić information content (AvgIpc) is 3.33. The third-order valence-corrected chi connectivity index (χ3v) is 5.59. The number of phenols is 1. The van der Waals surface area contributed by atoms with Gasteiger partial charge in [-0.25, -0.2) is 4.79 Å². The summed E-state index contributed by atoms with van der Waals surface area (Å²) in [7, 11) is 0. The number of fused-ring (bicyclic) bond motifs is 1. The lowest BCUT2D eigenvalue weighted by molar-refractivity contribution is 0.270. The molecule has 8 heteroatoms. The number of hydrogen-bond donors (Lipinski definition) is 2. The van der Waals surface area contributed by atoms with Gasteiger partial charge in [0.25, 0.3) is 0 Å². The summed E-state index contributed by atoms with van der Waals surface area (Å²) in [5.74, 6) is 0.477. The molecule has 8 nitrogen and oxygen atoms in total. The van der Waals surface area contributed by atoms with E-state index in [1.54, 1.807) is 32.0 Å². The van der Waals surface area contributed by atoms with Crippen LogP contribution in [0.25, 0.3) is 33.5 Å². The van der Waals surface area contributed by atoms with E-state index in [2.05, 4.69) is 0 Å². The maximum absolute atomic E-state index is 12.7. The van der Waals surface area contributed by atoms with E-state index in [0.717, 1.165) is 33.5 Å². The minimum absolute atomic E-state index is 0.0128. The van der Waals surface area contributed by atoms with Gasteiger partial charge >= 0.3 is 5.69 Å². The lowest BCUT2D eigenvalue weighted by Crippen LogP contribution is -2.22. The number of hydrogen-bond acceptors (Lipinski definition) is 5. The maximum Gasteiger partial charge on any atom is 0.329 e. The zero-order valence-electron chi connectivity index (χ0n) is 18.6. The highest BCUT2D eigenvalue weighted by molar-refractivity contribution is 5.83. The monoisotopic (exact) mass is 436 g/mol. The third kappa shape index (κ3) is 3.67. The lowest BCUT2D eigenvalue weighted by atomic mass is 10.1. The van der Waals surface area contributed by atoms with Crippen LogP contribution in [0.5, 0.6) is 11.5 Å². The summed E-state index contributed by atoms with van der Waals surface area (Å²) in [5, 5.41) is 24.3. The van der Waals surface area contributed by atoms with Crippen molar-refractivity contribution >= 4 is 11.0 Å². The van der Waals surface area contributed by atoms with Gasteiger partial charge in [-0.3, -0.25) is 13.8 Å². The maximum atomic E-state index is 12.7. The fraction of sp³-hybridized carbons (Fsp3) is 0.333. The highest BCUT2D eigenvalue weighted by Crippen LogP contribution is 2.34. The van der Waals surface area contributed by atoms with E-state index < -0.39 is 0 Å². The average molecular weight is 437 g/mol. The van der Waals surface area contributed by atoms with E-state index >= 15 is 0 Å². The van der Waals surface area contributed by atoms with Crippen LogP contribution in [0.2, 0.25) is 0 Å². The molecule has 0 bridgehead atoms. The molecule has 0 radical (unpaired) electrons. The van der Waals surface area contributed by atoms with Gasteiger partial charge in [0.05, 0.1) is 42.2 Å². The molecule has 0 unspecified atom stereocenters. The molecule has 2 aromatic carbocycles. The second kappa shape index (κ2) is 8.92. The van der Waals surface area contributed by atoms with Crippen LogP contribution in [0.1, 0.15) is 20.8 Å². The fourth-order valence-electron chi connectivity index (χ4n) is 4.09. The summed E-state index contributed by atoms with van der Waals surface area (Å²) in [6.07, 6.45) is 0. The van der Waals surface area contributed by atoms with Crippen LogP contribution in [-0.2, 0) is 19.6 Å². The van der Waals surface area contributed by atoms with Crippen LogP contribution in [0.3, 0.4) is 0 Å². The van der Waals surface area contributed by atoms with Crippen molar-refractivity contribution in [1.82, 2.24) is 18.9 Å². The number of aliphatic hydroxyl groups is 1. The van der Waals surface area contributed by atoms with Gasteiger partial charge in [-0.05, 0) is 57.2 Å². The molecule has 0 amide bonds. The second-order valence-electron chi connectivity index (χ2n) is 7.45. The highest BCUT2D eigenvalue weighted by Gasteiger charge is 2.16. The zero-order chi connectivity index (χ0) is 22.8. The van der Waals surface area contributed by atoms with E-state index in [4.69, 9.17) is 9.84 Å². The first kappa shape index (κ1) is 21.7. The number of ether oxygens (including phenoxy) is 1. The van der Waals surface area contributed by atoms with Gasteiger partial charge in [0, 0.05) is 24.2 Å². The molecular weight excluding hydrogens is 408 g/mol.